The molecule has 0 radical (unpaired) electrons. The molecular weight excluding hydrogens is 429 g/mol. The van der Waals surface area contributed by atoms with Crippen LogP contribution in [-0.4, -0.2) is 50.6 Å². The highest BCUT2D eigenvalue weighted by atomic mass is 127. The third-order valence-corrected chi connectivity index (χ3v) is 4.61. The van der Waals surface area contributed by atoms with Crippen LogP contribution in [0.5, 0.6) is 0 Å². The minimum Gasteiger partial charge on any atom is -0.469 e. The maximum atomic E-state index is 11.8. The van der Waals surface area contributed by atoms with Crippen LogP contribution in [-0.2, 0) is 16.0 Å². The minimum atomic E-state index is -0.129. The van der Waals surface area contributed by atoms with Gasteiger partial charge >= 0.3 is 5.97 Å². The van der Waals surface area contributed by atoms with Crippen LogP contribution in [0.1, 0.15) is 23.6 Å². The summed E-state index contributed by atoms with van der Waals surface area (Å²) in [6.45, 7) is 8.65. The van der Waals surface area contributed by atoms with E-state index in [-0.39, 0.29) is 41.8 Å². The van der Waals surface area contributed by atoms with Gasteiger partial charge in [-0.1, -0.05) is 36.2 Å². The summed E-state index contributed by atoms with van der Waals surface area (Å²) in [5.41, 5.74) is 3.92. The number of likely N-dealkylation sites (tertiary alicyclic amines) is 1. The molecule has 1 heterocycles. The van der Waals surface area contributed by atoms with Crippen molar-refractivity contribution in [1.29, 1.82) is 0 Å². The van der Waals surface area contributed by atoms with Gasteiger partial charge in [-0.25, -0.2) is 0 Å². The maximum absolute atomic E-state index is 11.8. The van der Waals surface area contributed by atoms with Crippen molar-refractivity contribution in [2.75, 3.05) is 33.8 Å². The molecule has 1 aromatic rings. The molecule has 0 amide bonds. The van der Waals surface area contributed by atoms with Gasteiger partial charge in [-0.05, 0) is 31.7 Å². The van der Waals surface area contributed by atoms with E-state index in [0.29, 0.717) is 6.54 Å². The number of aryl methyl sites for hydroxylation is 2. The third-order valence-electron chi connectivity index (χ3n) is 4.61. The van der Waals surface area contributed by atoms with Crippen LogP contribution in [0.4, 0.5) is 0 Å². The number of aliphatic imine (C=N–C) groups is 1. The van der Waals surface area contributed by atoms with Crippen LogP contribution in [0.15, 0.2) is 23.2 Å². The zero-order chi connectivity index (χ0) is 17.7. The largest absolute Gasteiger partial charge is 0.469 e. The van der Waals surface area contributed by atoms with Crippen molar-refractivity contribution in [3.05, 3.63) is 34.9 Å². The first-order valence-electron chi connectivity index (χ1n) is 8.55. The number of rotatable bonds is 4. The summed E-state index contributed by atoms with van der Waals surface area (Å²) in [6, 6.07) is 6.64. The van der Waals surface area contributed by atoms with Crippen molar-refractivity contribution in [3.63, 3.8) is 0 Å². The van der Waals surface area contributed by atoms with E-state index < -0.39 is 0 Å². The summed E-state index contributed by atoms with van der Waals surface area (Å²) in [5, 5.41) is 3.42. The van der Waals surface area contributed by atoms with Crippen LogP contribution < -0.4 is 5.32 Å². The molecule has 1 N–H and O–H groups in total. The molecule has 6 heteroatoms. The van der Waals surface area contributed by atoms with Crippen LogP contribution in [0.2, 0.25) is 0 Å². The summed E-state index contributed by atoms with van der Waals surface area (Å²) in [4.78, 5) is 18.4. The van der Waals surface area contributed by atoms with Crippen molar-refractivity contribution in [2.45, 2.75) is 27.2 Å². The standard InChI is InChI=1S/C19H29N3O2.HI/c1-13-8-14(2)10-16(9-13)6-7-21-19(20-4)22-11-15(3)17(12-22)18(23)24-5;/h8-10,15,17H,6-7,11-12H2,1-5H3,(H,20,21);1H. The number of nitrogens with zero attached hydrogens (tertiary/aromatic N) is 2. The lowest BCUT2D eigenvalue weighted by atomic mass is 9.99. The molecule has 2 unspecified atom stereocenters. The number of hydrogen-bond donors (Lipinski definition) is 1. The van der Waals surface area contributed by atoms with Gasteiger partial charge in [0.05, 0.1) is 13.0 Å². The van der Waals surface area contributed by atoms with Gasteiger partial charge in [-0.15, -0.1) is 24.0 Å². The molecule has 0 aliphatic carbocycles. The van der Waals surface area contributed by atoms with Crippen molar-refractivity contribution in [3.8, 4) is 0 Å². The molecule has 1 aliphatic heterocycles. The monoisotopic (exact) mass is 459 g/mol. The van der Waals surface area contributed by atoms with E-state index in [1.807, 2.05) is 0 Å². The van der Waals surface area contributed by atoms with E-state index in [9.17, 15) is 4.79 Å². The molecule has 0 saturated carbocycles. The quantitative estimate of drug-likeness (QED) is 0.326. The number of hydrogen-bond acceptors (Lipinski definition) is 3. The fraction of sp³-hybridized carbons (Fsp3) is 0.579. The highest BCUT2D eigenvalue weighted by Gasteiger charge is 2.36. The van der Waals surface area contributed by atoms with Crippen LogP contribution in [0, 0.1) is 25.7 Å². The Hall–Kier alpha value is -1.31. The first-order chi connectivity index (χ1) is 11.4. The lowest BCUT2D eigenvalue weighted by Crippen LogP contribution is -2.41. The van der Waals surface area contributed by atoms with Crippen molar-refractivity contribution < 1.29 is 9.53 Å². The van der Waals surface area contributed by atoms with Gasteiger partial charge in [0, 0.05) is 26.7 Å². The second-order valence-electron chi connectivity index (χ2n) is 6.73. The number of esters is 1. The number of guanidine groups is 1. The fourth-order valence-electron chi connectivity index (χ4n) is 3.46. The van der Waals surface area contributed by atoms with Gasteiger partial charge in [0.1, 0.15) is 0 Å². The zero-order valence-electron chi connectivity index (χ0n) is 15.8. The molecule has 5 nitrogen and oxygen atoms in total. The molecule has 0 bridgehead atoms. The van der Waals surface area contributed by atoms with Gasteiger partial charge < -0.3 is 15.0 Å². The summed E-state index contributed by atoms with van der Waals surface area (Å²) >= 11 is 0. The highest BCUT2D eigenvalue weighted by Crippen LogP contribution is 2.24. The van der Waals surface area contributed by atoms with E-state index in [0.717, 1.165) is 25.5 Å². The van der Waals surface area contributed by atoms with Crippen LogP contribution in [0.3, 0.4) is 0 Å². The molecule has 140 valence electrons. The maximum Gasteiger partial charge on any atom is 0.310 e. The Morgan fingerprint density at radius 2 is 1.92 bits per heavy atom. The first-order valence-corrected chi connectivity index (χ1v) is 8.55. The lowest BCUT2D eigenvalue weighted by Gasteiger charge is -2.21. The lowest BCUT2D eigenvalue weighted by molar-refractivity contribution is -0.145. The minimum absolute atomic E-state index is 0. The SMILES string of the molecule is CN=C(NCCc1cc(C)cc(C)c1)N1CC(C)C(C(=O)OC)C1.I. The van der Waals surface area contributed by atoms with Crippen LogP contribution >= 0.6 is 24.0 Å². The number of methoxy groups -OCH3 is 1. The van der Waals surface area contributed by atoms with Gasteiger partial charge in [-0.3, -0.25) is 9.79 Å². The summed E-state index contributed by atoms with van der Waals surface area (Å²) in [5.74, 6) is 0.928. The Balaban J connectivity index is 0.00000312. The molecule has 2 atom stereocenters. The van der Waals surface area contributed by atoms with E-state index in [1.165, 1.54) is 23.8 Å². The van der Waals surface area contributed by atoms with E-state index in [4.69, 9.17) is 4.74 Å². The van der Waals surface area contributed by atoms with E-state index in [1.54, 1.807) is 7.05 Å². The highest BCUT2D eigenvalue weighted by molar-refractivity contribution is 14.0. The first kappa shape index (κ1) is 21.7. The Kier molecular flexibility index (Phi) is 8.68. The molecule has 1 aliphatic rings. The predicted molar refractivity (Wildman–Crippen MR) is 113 cm³/mol. The summed E-state index contributed by atoms with van der Waals surface area (Å²) in [7, 11) is 3.24. The second-order valence-corrected chi connectivity index (χ2v) is 6.73. The average Bonchev–Trinajstić information content (AvgIpc) is 2.91. The van der Waals surface area contributed by atoms with Gasteiger partial charge in [0.15, 0.2) is 5.96 Å². The number of halogens is 1. The van der Waals surface area contributed by atoms with E-state index in [2.05, 4.69) is 54.2 Å². The number of ether oxygens (including phenoxy) is 1. The van der Waals surface area contributed by atoms with Gasteiger partial charge in [-0.2, -0.15) is 0 Å². The normalized spacial score (nSPS) is 20.2. The molecule has 1 fully saturated rings. The topological polar surface area (TPSA) is 53.9 Å². The second kappa shape index (κ2) is 9.99. The number of carbonyl (C=O) groups excluding carboxylic acids is 1. The van der Waals surface area contributed by atoms with Crippen molar-refractivity contribution in [1.82, 2.24) is 10.2 Å². The molecule has 25 heavy (non-hydrogen) atoms. The van der Waals surface area contributed by atoms with Gasteiger partial charge in [0.25, 0.3) is 0 Å². The van der Waals surface area contributed by atoms with Crippen LogP contribution in [0.25, 0.3) is 0 Å². The van der Waals surface area contributed by atoms with Gasteiger partial charge in [0.2, 0.25) is 0 Å². The van der Waals surface area contributed by atoms with Crippen molar-refractivity contribution >= 4 is 35.9 Å². The fourth-order valence-corrected chi connectivity index (χ4v) is 3.46. The number of benzene rings is 1. The molecule has 0 aromatic heterocycles. The molecule has 1 aromatic carbocycles. The number of carbonyl (C=O) groups is 1. The third kappa shape index (κ3) is 5.87. The Morgan fingerprint density at radius 1 is 1.28 bits per heavy atom. The Bertz CT molecular complexity index is 598. The smallest absolute Gasteiger partial charge is 0.310 e. The van der Waals surface area contributed by atoms with Crippen molar-refractivity contribution in [2.24, 2.45) is 16.8 Å². The molecule has 2 rings (SSSR count). The number of nitrogens with one attached hydrogen (secondary N) is 1. The molecule has 0 spiro atoms. The predicted octanol–water partition coefficient (Wildman–Crippen LogP) is 2.78. The summed E-state index contributed by atoms with van der Waals surface area (Å²) < 4.78 is 4.90. The average molecular weight is 459 g/mol. The Labute approximate surface area is 168 Å². The molecular formula is C19H30IN3O2. The molecule has 1 saturated heterocycles. The summed E-state index contributed by atoms with van der Waals surface area (Å²) in [6.07, 6.45) is 0.950. The van der Waals surface area contributed by atoms with E-state index >= 15 is 0 Å². The zero-order valence-corrected chi connectivity index (χ0v) is 18.2. The Morgan fingerprint density at radius 3 is 2.48 bits per heavy atom.